The van der Waals surface area contributed by atoms with E-state index < -0.39 is 36.3 Å². The molecule has 3 nitrogen and oxygen atoms in total. The van der Waals surface area contributed by atoms with Crippen molar-refractivity contribution in [3.8, 4) is 0 Å². The molecule has 0 fully saturated rings. The van der Waals surface area contributed by atoms with Gasteiger partial charge in [-0.15, -0.1) is 0 Å². The molecule has 0 aliphatic rings. The molecule has 118 valence electrons. The molecule has 0 radical (unpaired) electrons. The average molecular weight is 308 g/mol. The SMILES string of the molecule is CCCCCCOC(=O)C(=C(O)C(F)(F)F)C(F)(F)F. The Kier molecular flexibility index (Phi) is 6.87. The third-order valence-electron chi connectivity index (χ3n) is 2.22. The molecule has 0 rings (SSSR count). The smallest absolute Gasteiger partial charge is 0.449 e. The van der Waals surface area contributed by atoms with Crippen molar-refractivity contribution in [2.75, 3.05) is 6.61 Å². The zero-order chi connectivity index (χ0) is 16.0. The summed E-state index contributed by atoms with van der Waals surface area (Å²) in [4.78, 5) is 11.1. The predicted octanol–water partition coefficient (Wildman–Crippen LogP) is 4.05. The summed E-state index contributed by atoms with van der Waals surface area (Å²) < 4.78 is 77.4. The van der Waals surface area contributed by atoms with Crippen LogP contribution in [0.4, 0.5) is 26.3 Å². The number of hydrogen-bond donors (Lipinski definition) is 1. The highest BCUT2D eigenvalue weighted by atomic mass is 19.4. The predicted molar refractivity (Wildman–Crippen MR) is 56.9 cm³/mol. The van der Waals surface area contributed by atoms with Crippen molar-refractivity contribution < 1.29 is 41.0 Å². The van der Waals surface area contributed by atoms with Crippen molar-refractivity contribution in [1.29, 1.82) is 0 Å². The monoisotopic (exact) mass is 308 g/mol. The van der Waals surface area contributed by atoms with E-state index in [9.17, 15) is 31.1 Å². The topological polar surface area (TPSA) is 46.5 Å². The molecule has 0 aromatic rings. The van der Waals surface area contributed by atoms with Gasteiger partial charge in [0.2, 0.25) is 5.76 Å². The second-order valence-corrected chi connectivity index (χ2v) is 3.92. The first kappa shape index (κ1) is 18.6. The van der Waals surface area contributed by atoms with Crippen LogP contribution in [-0.4, -0.2) is 30.0 Å². The van der Waals surface area contributed by atoms with E-state index >= 15 is 0 Å². The number of aliphatic hydroxyl groups is 1. The van der Waals surface area contributed by atoms with Crippen molar-refractivity contribution >= 4 is 5.97 Å². The van der Waals surface area contributed by atoms with Crippen LogP contribution in [0.5, 0.6) is 0 Å². The maximum atomic E-state index is 12.4. The number of esters is 1. The summed E-state index contributed by atoms with van der Waals surface area (Å²) in [7, 11) is 0. The maximum Gasteiger partial charge on any atom is 0.449 e. The molecule has 0 saturated heterocycles. The molecule has 0 unspecified atom stereocenters. The van der Waals surface area contributed by atoms with Crippen LogP contribution in [-0.2, 0) is 9.53 Å². The minimum absolute atomic E-state index is 0.234. The van der Waals surface area contributed by atoms with Crippen LogP contribution < -0.4 is 0 Å². The molecule has 1 N–H and O–H groups in total. The summed E-state index contributed by atoms with van der Waals surface area (Å²) in [6.45, 7) is 1.43. The van der Waals surface area contributed by atoms with Gasteiger partial charge < -0.3 is 9.84 Å². The summed E-state index contributed by atoms with van der Waals surface area (Å²) in [5.74, 6) is -5.23. The number of hydrogen-bond acceptors (Lipinski definition) is 3. The second kappa shape index (κ2) is 7.39. The summed E-state index contributed by atoms with van der Waals surface area (Å²) >= 11 is 0. The number of halogens is 6. The standard InChI is InChI=1S/C11H14F6O3/c1-2-3-4-5-6-20-9(19)7(10(12,13)14)8(18)11(15,16)17/h18H,2-6H2,1H3. The lowest BCUT2D eigenvalue weighted by atomic mass is 10.2. The van der Waals surface area contributed by atoms with Gasteiger partial charge in [0.05, 0.1) is 6.61 Å². The van der Waals surface area contributed by atoms with Crippen molar-refractivity contribution in [2.24, 2.45) is 0 Å². The van der Waals surface area contributed by atoms with Crippen LogP contribution in [0.25, 0.3) is 0 Å². The molecule has 0 atom stereocenters. The van der Waals surface area contributed by atoms with Gasteiger partial charge in [-0.05, 0) is 6.42 Å². The van der Waals surface area contributed by atoms with Crippen molar-refractivity contribution in [1.82, 2.24) is 0 Å². The molecule has 20 heavy (non-hydrogen) atoms. The van der Waals surface area contributed by atoms with Crippen LogP contribution in [0.2, 0.25) is 0 Å². The molecule has 0 aliphatic heterocycles. The summed E-state index contributed by atoms with van der Waals surface area (Å²) in [5.41, 5.74) is -2.74. The van der Waals surface area contributed by atoms with E-state index in [2.05, 4.69) is 4.74 Å². The summed E-state index contributed by atoms with van der Waals surface area (Å²) in [5, 5.41) is 8.53. The molecule has 0 heterocycles. The number of alkyl halides is 6. The van der Waals surface area contributed by atoms with Gasteiger partial charge in [0.15, 0.2) is 5.57 Å². The van der Waals surface area contributed by atoms with E-state index in [0.717, 1.165) is 12.8 Å². The molecule has 0 aromatic heterocycles. The van der Waals surface area contributed by atoms with Crippen molar-refractivity contribution in [3.63, 3.8) is 0 Å². The Hall–Kier alpha value is -1.41. The Morgan fingerprint density at radius 1 is 1.00 bits per heavy atom. The third-order valence-corrected chi connectivity index (χ3v) is 2.22. The molecule has 0 aromatic carbocycles. The minimum Gasteiger partial charge on any atom is -0.504 e. The molecule has 0 aliphatic carbocycles. The zero-order valence-corrected chi connectivity index (χ0v) is 10.6. The highest BCUT2D eigenvalue weighted by molar-refractivity contribution is 5.90. The molecular formula is C11H14F6O3. The van der Waals surface area contributed by atoms with Crippen LogP contribution in [0.15, 0.2) is 11.3 Å². The van der Waals surface area contributed by atoms with Crippen molar-refractivity contribution in [3.05, 3.63) is 11.3 Å². The number of carbonyl (C=O) groups is 1. The number of aliphatic hydroxyl groups excluding tert-OH is 1. The minimum atomic E-state index is -5.67. The first-order valence-corrected chi connectivity index (χ1v) is 5.76. The van der Waals surface area contributed by atoms with E-state index in [1.165, 1.54) is 0 Å². The molecule has 0 spiro atoms. The second-order valence-electron chi connectivity index (χ2n) is 3.92. The number of ether oxygens (including phenoxy) is 1. The third kappa shape index (κ3) is 6.16. The lowest BCUT2D eigenvalue weighted by Gasteiger charge is -2.15. The van der Waals surface area contributed by atoms with E-state index in [1.807, 2.05) is 6.92 Å². The van der Waals surface area contributed by atoms with E-state index in [4.69, 9.17) is 5.11 Å². The average Bonchev–Trinajstić information content (AvgIpc) is 2.25. The Morgan fingerprint density at radius 2 is 1.55 bits per heavy atom. The lowest BCUT2D eigenvalue weighted by molar-refractivity contribution is -0.161. The first-order valence-electron chi connectivity index (χ1n) is 5.76. The Balaban J connectivity index is 4.88. The van der Waals surface area contributed by atoms with Crippen molar-refractivity contribution in [2.45, 2.75) is 45.0 Å². The normalized spacial score (nSPS) is 13.9. The summed E-state index contributed by atoms with van der Waals surface area (Å²) in [6, 6.07) is 0. The zero-order valence-electron chi connectivity index (χ0n) is 10.6. The van der Waals surface area contributed by atoms with Gasteiger partial charge in [-0.3, -0.25) is 0 Å². The fraction of sp³-hybridized carbons (Fsp3) is 0.727. The van der Waals surface area contributed by atoms with Crippen LogP contribution in [0.3, 0.4) is 0 Å². The molecular weight excluding hydrogens is 294 g/mol. The summed E-state index contributed by atoms with van der Waals surface area (Å²) in [6.07, 6.45) is -8.94. The van der Waals surface area contributed by atoms with Gasteiger partial charge in [-0.1, -0.05) is 26.2 Å². The quantitative estimate of drug-likeness (QED) is 0.265. The molecule has 9 heteroatoms. The fourth-order valence-corrected chi connectivity index (χ4v) is 1.25. The van der Waals surface area contributed by atoms with E-state index in [-0.39, 0.29) is 6.42 Å². The van der Waals surface area contributed by atoms with Gasteiger partial charge in [0.25, 0.3) is 0 Å². The highest BCUT2D eigenvalue weighted by Gasteiger charge is 2.50. The molecule has 0 saturated carbocycles. The Labute approximate surface area is 111 Å². The van der Waals surface area contributed by atoms with E-state index in [1.54, 1.807) is 0 Å². The van der Waals surface area contributed by atoms with Gasteiger partial charge >= 0.3 is 18.3 Å². The number of carbonyl (C=O) groups excluding carboxylic acids is 1. The van der Waals surface area contributed by atoms with Crippen LogP contribution >= 0.6 is 0 Å². The fourth-order valence-electron chi connectivity index (χ4n) is 1.25. The Bertz CT molecular complexity index is 356. The largest absolute Gasteiger partial charge is 0.504 e. The van der Waals surface area contributed by atoms with Gasteiger partial charge in [0, 0.05) is 0 Å². The van der Waals surface area contributed by atoms with Crippen LogP contribution in [0.1, 0.15) is 32.6 Å². The van der Waals surface area contributed by atoms with Gasteiger partial charge in [-0.2, -0.15) is 26.3 Å². The number of unbranched alkanes of at least 4 members (excludes halogenated alkanes) is 3. The number of rotatable bonds is 6. The lowest BCUT2D eigenvalue weighted by Crippen LogP contribution is -2.29. The number of allylic oxidation sites excluding steroid dienone is 1. The van der Waals surface area contributed by atoms with Crippen LogP contribution in [0, 0.1) is 0 Å². The first-order chi connectivity index (χ1) is 9.01. The molecule has 0 amide bonds. The molecule has 0 bridgehead atoms. The highest BCUT2D eigenvalue weighted by Crippen LogP contribution is 2.35. The van der Waals surface area contributed by atoms with E-state index in [0.29, 0.717) is 6.42 Å². The van der Waals surface area contributed by atoms with Gasteiger partial charge in [0.1, 0.15) is 0 Å². The van der Waals surface area contributed by atoms with Gasteiger partial charge in [-0.25, -0.2) is 4.79 Å². The maximum absolute atomic E-state index is 12.4. The Morgan fingerprint density at radius 3 is 1.95 bits per heavy atom.